The molecule has 43 heavy (non-hydrogen) atoms. The maximum atomic E-state index is 15.4. The van der Waals surface area contributed by atoms with Crippen LogP contribution in [0.2, 0.25) is 5.02 Å². The van der Waals surface area contributed by atoms with Crippen LogP contribution in [0.25, 0.3) is 16.9 Å². The molecule has 216 valence electrons. The number of nitrogens with one attached hydrogen (secondary N) is 1. The maximum absolute atomic E-state index is 15.4. The van der Waals surface area contributed by atoms with E-state index in [1.54, 1.807) is 42.6 Å². The van der Waals surface area contributed by atoms with Gasteiger partial charge in [0.05, 0.1) is 39.6 Å². The van der Waals surface area contributed by atoms with Gasteiger partial charge in [-0.05, 0) is 30.3 Å². The lowest BCUT2D eigenvalue weighted by Gasteiger charge is -2.23. The maximum Gasteiger partial charge on any atom is 0.240 e. The molecule has 1 aliphatic heterocycles. The van der Waals surface area contributed by atoms with Crippen LogP contribution in [0.4, 0.5) is 14.6 Å². The molecule has 0 fully saturated rings. The number of para-hydroxylation sites is 1. The number of carbonyl (C=O) groups is 2. The lowest BCUT2D eigenvalue weighted by Crippen LogP contribution is -2.42. The van der Waals surface area contributed by atoms with Crippen molar-refractivity contribution in [1.82, 2.24) is 20.1 Å². The van der Waals surface area contributed by atoms with E-state index in [0.29, 0.717) is 33.2 Å². The molecular formula is C32H24ClF2N5O2S. The highest BCUT2D eigenvalue weighted by Gasteiger charge is 2.38. The van der Waals surface area contributed by atoms with Crippen LogP contribution < -0.4 is 10.2 Å². The highest BCUT2D eigenvalue weighted by atomic mass is 35.5. The van der Waals surface area contributed by atoms with E-state index >= 15 is 4.39 Å². The van der Waals surface area contributed by atoms with Crippen LogP contribution in [0.1, 0.15) is 22.1 Å². The monoisotopic (exact) mass is 615 g/mol. The highest BCUT2D eigenvalue weighted by molar-refractivity contribution is 8.00. The minimum absolute atomic E-state index is 0.0690. The van der Waals surface area contributed by atoms with Gasteiger partial charge in [0.1, 0.15) is 24.0 Å². The van der Waals surface area contributed by atoms with Gasteiger partial charge >= 0.3 is 0 Å². The first-order chi connectivity index (χ1) is 20.9. The molecule has 0 aliphatic carbocycles. The number of halogens is 3. The van der Waals surface area contributed by atoms with Crippen LogP contribution in [0.15, 0.2) is 97.2 Å². The summed E-state index contributed by atoms with van der Waals surface area (Å²) < 4.78 is 30.9. The van der Waals surface area contributed by atoms with Crippen molar-refractivity contribution in [3.05, 3.63) is 131 Å². The van der Waals surface area contributed by atoms with Crippen molar-refractivity contribution in [2.75, 3.05) is 17.2 Å². The molecule has 5 aromatic rings. The molecule has 2 amide bonds. The summed E-state index contributed by atoms with van der Waals surface area (Å²) >= 11 is 7.83. The van der Waals surface area contributed by atoms with E-state index in [-0.39, 0.29) is 36.1 Å². The molecule has 3 heterocycles. The molecule has 1 atom stereocenters. The summed E-state index contributed by atoms with van der Waals surface area (Å²) in [6, 6.07) is 25.1. The number of rotatable bonds is 7. The smallest absolute Gasteiger partial charge is 0.240 e. The second-order valence-electron chi connectivity index (χ2n) is 9.75. The van der Waals surface area contributed by atoms with E-state index in [2.05, 4.69) is 10.3 Å². The van der Waals surface area contributed by atoms with Gasteiger partial charge in [-0.2, -0.15) is 5.10 Å². The van der Waals surface area contributed by atoms with Gasteiger partial charge in [0.15, 0.2) is 0 Å². The number of hydrogen-bond acceptors (Lipinski definition) is 5. The molecule has 7 nitrogen and oxygen atoms in total. The first-order valence-electron chi connectivity index (χ1n) is 13.4. The van der Waals surface area contributed by atoms with Crippen molar-refractivity contribution in [2.24, 2.45) is 0 Å². The number of anilines is 1. The number of benzene rings is 3. The third-order valence-corrected chi connectivity index (χ3v) is 8.51. The number of amides is 2. The normalized spacial score (nSPS) is 14.7. The third-order valence-electron chi connectivity index (χ3n) is 6.96. The summed E-state index contributed by atoms with van der Waals surface area (Å²) in [5, 5.41) is 7.36. The highest BCUT2D eigenvalue weighted by Crippen LogP contribution is 2.49. The molecule has 0 saturated heterocycles. The van der Waals surface area contributed by atoms with Gasteiger partial charge in [-0.1, -0.05) is 66.2 Å². The number of fused-ring (bicyclic) bond motifs is 1. The van der Waals surface area contributed by atoms with Crippen LogP contribution in [-0.2, 0) is 16.1 Å². The Balaban J connectivity index is 1.54. The summed E-state index contributed by atoms with van der Waals surface area (Å²) in [6.45, 7) is -0.159. The minimum Gasteiger partial charge on any atom is -0.349 e. The van der Waals surface area contributed by atoms with E-state index in [4.69, 9.17) is 16.7 Å². The van der Waals surface area contributed by atoms with Crippen LogP contribution >= 0.6 is 23.4 Å². The zero-order chi connectivity index (χ0) is 29.9. The Morgan fingerprint density at radius 2 is 1.77 bits per heavy atom. The zero-order valence-electron chi connectivity index (χ0n) is 22.6. The van der Waals surface area contributed by atoms with Crippen molar-refractivity contribution in [3.8, 4) is 16.9 Å². The zero-order valence-corrected chi connectivity index (χ0v) is 24.2. The average Bonchev–Trinajstić information content (AvgIpc) is 3.34. The lowest BCUT2D eigenvalue weighted by atomic mass is 9.99. The molecule has 0 spiro atoms. The standard InChI is InChI=1S/C32H24ClF2N5O2S/c33-24-11-4-5-12-26(24)40-32-29(30(38-40)20-8-2-1-3-9-20)31(23-14-13-21(34)16-25(23)35)43-19-28(42)39(32)18-27(41)37-17-22-10-6-7-15-36-22/h1-16,31H,17-19H2,(H,37,41)/t31-/m0/s1. The summed E-state index contributed by atoms with van der Waals surface area (Å²) in [6.07, 6.45) is 1.63. The Morgan fingerprint density at radius 3 is 2.51 bits per heavy atom. The summed E-state index contributed by atoms with van der Waals surface area (Å²) in [5.74, 6) is -2.05. The first-order valence-corrected chi connectivity index (χ1v) is 14.8. The Labute approximate surface area is 255 Å². The Bertz CT molecular complexity index is 1800. The third kappa shape index (κ3) is 5.89. The van der Waals surface area contributed by atoms with E-state index in [0.717, 1.165) is 6.07 Å². The van der Waals surface area contributed by atoms with Crippen LogP contribution in [0, 0.1) is 11.6 Å². The van der Waals surface area contributed by atoms with Crippen molar-refractivity contribution < 1.29 is 18.4 Å². The molecule has 1 N–H and O–H groups in total. The lowest BCUT2D eigenvalue weighted by molar-refractivity contribution is -0.123. The van der Waals surface area contributed by atoms with E-state index in [9.17, 15) is 14.0 Å². The summed E-state index contributed by atoms with van der Waals surface area (Å²) in [7, 11) is 0. The van der Waals surface area contributed by atoms with Crippen molar-refractivity contribution >= 4 is 41.0 Å². The number of aromatic nitrogens is 3. The average molecular weight is 616 g/mol. The Morgan fingerprint density at radius 1 is 1.00 bits per heavy atom. The molecule has 1 aliphatic rings. The first kappa shape index (κ1) is 28.6. The van der Waals surface area contributed by atoms with Gasteiger partial charge in [-0.25, -0.2) is 13.5 Å². The van der Waals surface area contributed by atoms with Crippen molar-refractivity contribution in [1.29, 1.82) is 0 Å². The van der Waals surface area contributed by atoms with Crippen molar-refractivity contribution in [3.63, 3.8) is 0 Å². The number of hydrogen-bond donors (Lipinski definition) is 1. The fourth-order valence-electron chi connectivity index (χ4n) is 4.97. The number of carbonyl (C=O) groups excluding carboxylic acids is 2. The van der Waals surface area contributed by atoms with Gasteiger partial charge in [-0.3, -0.25) is 19.5 Å². The van der Waals surface area contributed by atoms with Gasteiger partial charge in [0, 0.05) is 29.0 Å². The molecule has 2 aromatic heterocycles. The van der Waals surface area contributed by atoms with E-state index < -0.39 is 22.8 Å². The van der Waals surface area contributed by atoms with Gasteiger partial charge < -0.3 is 5.32 Å². The molecule has 0 radical (unpaired) electrons. The fourth-order valence-corrected chi connectivity index (χ4v) is 6.41. The second kappa shape index (κ2) is 12.4. The van der Waals surface area contributed by atoms with E-state index in [1.165, 1.54) is 33.5 Å². The molecule has 0 unspecified atom stereocenters. The van der Waals surface area contributed by atoms with Crippen LogP contribution in [0.3, 0.4) is 0 Å². The quantitative estimate of drug-likeness (QED) is 0.231. The molecule has 3 aromatic carbocycles. The molecule has 0 saturated carbocycles. The summed E-state index contributed by atoms with van der Waals surface area (Å²) in [5.41, 5.74) is 3.02. The fraction of sp³-hybridized carbons (Fsp3) is 0.125. The minimum atomic E-state index is -0.757. The number of nitrogens with zero attached hydrogens (tertiary/aromatic N) is 4. The van der Waals surface area contributed by atoms with Gasteiger partial charge in [-0.15, -0.1) is 11.8 Å². The molecule has 6 rings (SSSR count). The number of pyridine rings is 1. The topological polar surface area (TPSA) is 80.1 Å². The summed E-state index contributed by atoms with van der Waals surface area (Å²) in [4.78, 5) is 32.7. The van der Waals surface area contributed by atoms with Crippen LogP contribution in [-0.4, -0.2) is 38.9 Å². The van der Waals surface area contributed by atoms with Gasteiger partial charge in [0.2, 0.25) is 11.8 Å². The SMILES string of the molecule is O=C(CN1C(=O)CS[C@@H](c2ccc(F)cc2F)c2c(-c3ccccc3)nn(-c3ccccc3Cl)c21)NCc1ccccn1. The van der Waals surface area contributed by atoms with Gasteiger partial charge in [0.25, 0.3) is 0 Å². The predicted octanol–water partition coefficient (Wildman–Crippen LogP) is 6.35. The molecule has 11 heteroatoms. The van der Waals surface area contributed by atoms with Crippen molar-refractivity contribution in [2.45, 2.75) is 11.8 Å². The molecule has 0 bridgehead atoms. The second-order valence-corrected chi connectivity index (χ2v) is 11.3. The number of thioether (sulfide) groups is 1. The Kier molecular flexibility index (Phi) is 8.22. The Hall–Kier alpha value is -4.54. The van der Waals surface area contributed by atoms with Crippen LogP contribution in [0.5, 0.6) is 0 Å². The van der Waals surface area contributed by atoms with E-state index in [1.807, 2.05) is 36.4 Å². The largest absolute Gasteiger partial charge is 0.349 e. The predicted molar refractivity (Wildman–Crippen MR) is 163 cm³/mol. The molecular weight excluding hydrogens is 592 g/mol.